The van der Waals surface area contributed by atoms with Crippen molar-refractivity contribution in [3.63, 3.8) is 0 Å². The van der Waals surface area contributed by atoms with Gasteiger partial charge in [0.15, 0.2) is 0 Å². The minimum absolute atomic E-state index is 0.0471. The first-order valence-corrected chi connectivity index (χ1v) is 11.3. The molecule has 1 aromatic carbocycles. The second-order valence-electron chi connectivity index (χ2n) is 9.27. The lowest BCUT2D eigenvalue weighted by Crippen LogP contribution is -2.48. The fraction of sp³-hybridized carbons (Fsp3) is 0.667. The SMILES string of the molecule is CC(C)(C)OC(=O)NCCCCC(N)C(=O)N(Cc1ccccc1)C1CCCCC1. The van der Waals surface area contributed by atoms with Crippen LogP contribution in [0.4, 0.5) is 4.79 Å². The Hall–Kier alpha value is -2.08. The van der Waals surface area contributed by atoms with Crippen molar-refractivity contribution in [2.75, 3.05) is 6.54 Å². The number of hydrogen-bond acceptors (Lipinski definition) is 4. The lowest BCUT2D eigenvalue weighted by molar-refractivity contribution is -0.136. The number of amides is 2. The first-order valence-electron chi connectivity index (χ1n) is 11.3. The molecule has 168 valence electrons. The van der Waals surface area contributed by atoms with Gasteiger partial charge in [0.25, 0.3) is 0 Å². The van der Waals surface area contributed by atoms with Gasteiger partial charge in [-0.15, -0.1) is 0 Å². The number of hydrogen-bond donors (Lipinski definition) is 2. The summed E-state index contributed by atoms with van der Waals surface area (Å²) in [5.41, 5.74) is 6.94. The third kappa shape index (κ3) is 8.74. The number of nitrogens with two attached hydrogens (primary N) is 1. The molecule has 0 spiro atoms. The highest BCUT2D eigenvalue weighted by Gasteiger charge is 2.28. The molecule has 0 bridgehead atoms. The first-order chi connectivity index (χ1) is 14.3. The van der Waals surface area contributed by atoms with Gasteiger partial charge in [0.2, 0.25) is 5.91 Å². The van der Waals surface area contributed by atoms with Gasteiger partial charge in [-0.3, -0.25) is 4.79 Å². The monoisotopic (exact) mass is 417 g/mol. The fourth-order valence-electron chi connectivity index (χ4n) is 3.89. The molecule has 1 atom stereocenters. The van der Waals surface area contributed by atoms with Crippen LogP contribution in [0.2, 0.25) is 0 Å². The number of nitrogens with one attached hydrogen (secondary N) is 1. The number of rotatable bonds is 9. The maximum atomic E-state index is 13.2. The molecule has 1 aliphatic rings. The number of alkyl carbamates (subject to hydrolysis) is 1. The van der Waals surface area contributed by atoms with E-state index in [0.29, 0.717) is 19.5 Å². The Morgan fingerprint density at radius 3 is 2.43 bits per heavy atom. The van der Waals surface area contributed by atoms with Crippen molar-refractivity contribution < 1.29 is 14.3 Å². The molecule has 6 heteroatoms. The van der Waals surface area contributed by atoms with Crippen molar-refractivity contribution in [1.29, 1.82) is 0 Å². The van der Waals surface area contributed by atoms with Gasteiger partial charge in [0.1, 0.15) is 5.60 Å². The maximum Gasteiger partial charge on any atom is 0.407 e. The van der Waals surface area contributed by atoms with E-state index in [2.05, 4.69) is 17.4 Å². The summed E-state index contributed by atoms with van der Waals surface area (Å²) in [5, 5.41) is 2.75. The molecular weight excluding hydrogens is 378 g/mol. The summed E-state index contributed by atoms with van der Waals surface area (Å²) in [4.78, 5) is 26.9. The third-order valence-corrected chi connectivity index (χ3v) is 5.42. The Labute approximate surface area is 181 Å². The van der Waals surface area contributed by atoms with Crippen molar-refractivity contribution in [3.8, 4) is 0 Å². The van der Waals surface area contributed by atoms with E-state index in [9.17, 15) is 9.59 Å². The van der Waals surface area contributed by atoms with Gasteiger partial charge < -0.3 is 20.7 Å². The Kier molecular flexibility index (Phi) is 9.63. The zero-order valence-electron chi connectivity index (χ0n) is 18.9. The zero-order chi connectivity index (χ0) is 22.0. The van der Waals surface area contributed by atoms with Crippen LogP contribution in [-0.4, -0.2) is 41.1 Å². The summed E-state index contributed by atoms with van der Waals surface area (Å²) >= 11 is 0. The second kappa shape index (κ2) is 11.9. The van der Waals surface area contributed by atoms with Gasteiger partial charge >= 0.3 is 6.09 Å². The van der Waals surface area contributed by atoms with E-state index in [1.165, 1.54) is 19.3 Å². The van der Waals surface area contributed by atoms with Crippen molar-refractivity contribution >= 4 is 12.0 Å². The average molecular weight is 418 g/mol. The smallest absolute Gasteiger partial charge is 0.407 e. The van der Waals surface area contributed by atoms with Crippen molar-refractivity contribution in [2.45, 2.75) is 96.4 Å². The van der Waals surface area contributed by atoms with Crippen LogP contribution in [0, 0.1) is 0 Å². The van der Waals surface area contributed by atoms with Crippen molar-refractivity contribution in [2.24, 2.45) is 5.73 Å². The topological polar surface area (TPSA) is 84.7 Å². The molecule has 1 unspecified atom stereocenters. The largest absolute Gasteiger partial charge is 0.444 e. The average Bonchev–Trinajstić information content (AvgIpc) is 2.71. The molecular formula is C24H39N3O3. The minimum Gasteiger partial charge on any atom is -0.444 e. The Balaban J connectivity index is 1.81. The van der Waals surface area contributed by atoms with Gasteiger partial charge in [-0.25, -0.2) is 4.79 Å². The molecule has 1 fully saturated rings. The molecule has 2 amide bonds. The summed E-state index contributed by atoms with van der Waals surface area (Å²) in [6, 6.07) is 9.93. The van der Waals surface area contributed by atoms with Crippen LogP contribution in [0.25, 0.3) is 0 Å². The van der Waals surface area contributed by atoms with Gasteiger partial charge in [-0.2, -0.15) is 0 Å². The molecule has 3 N–H and O–H groups in total. The molecule has 1 aromatic rings. The van der Waals surface area contributed by atoms with E-state index in [0.717, 1.165) is 31.2 Å². The van der Waals surface area contributed by atoms with Crippen LogP contribution < -0.4 is 11.1 Å². The molecule has 6 nitrogen and oxygen atoms in total. The highest BCUT2D eigenvalue weighted by Crippen LogP contribution is 2.25. The molecule has 1 saturated carbocycles. The number of ether oxygens (including phenoxy) is 1. The fourth-order valence-corrected chi connectivity index (χ4v) is 3.89. The van der Waals surface area contributed by atoms with Gasteiger partial charge in [0, 0.05) is 19.1 Å². The molecule has 1 aliphatic carbocycles. The third-order valence-electron chi connectivity index (χ3n) is 5.42. The number of benzene rings is 1. The van der Waals surface area contributed by atoms with Crippen LogP contribution in [-0.2, 0) is 16.1 Å². The van der Waals surface area contributed by atoms with Gasteiger partial charge in [-0.1, -0.05) is 49.6 Å². The van der Waals surface area contributed by atoms with Crippen LogP contribution in [0.1, 0.15) is 77.7 Å². The Morgan fingerprint density at radius 1 is 1.13 bits per heavy atom. The van der Waals surface area contributed by atoms with E-state index >= 15 is 0 Å². The maximum absolute atomic E-state index is 13.2. The van der Waals surface area contributed by atoms with Gasteiger partial charge in [-0.05, 0) is 58.4 Å². The van der Waals surface area contributed by atoms with E-state index in [1.54, 1.807) is 0 Å². The Bertz CT molecular complexity index is 651. The summed E-state index contributed by atoms with van der Waals surface area (Å²) in [5.74, 6) is 0.0471. The molecule has 0 saturated heterocycles. The van der Waals surface area contributed by atoms with E-state index in [1.807, 2.05) is 43.9 Å². The van der Waals surface area contributed by atoms with E-state index in [-0.39, 0.29) is 11.9 Å². The van der Waals surface area contributed by atoms with E-state index in [4.69, 9.17) is 10.5 Å². The lowest BCUT2D eigenvalue weighted by Gasteiger charge is -2.36. The summed E-state index contributed by atoms with van der Waals surface area (Å²) in [6.45, 7) is 6.66. The Morgan fingerprint density at radius 2 is 1.80 bits per heavy atom. The first kappa shape index (κ1) is 24.2. The predicted octanol–water partition coefficient (Wildman–Crippen LogP) is 4.37. The molecule has 0 aromatic heterocycles. The minimum atomic E-state index is -0.503. The quantitative estimate of drug-likeness (QED) is 0.584. The normalized spacial score (nSPS) is 16.0. The lowest BCUT2D eigenvalue weighted by atomic mass is 9.93. The van der Waals surface area contributed by atoms with E-state index < -0.39 is 17.7 Å². The summed E-state index contributed by atoms with van der Waals surface area (Å²) in [6.07, 6.45) is 7.48. The summed E-state index contributed by atoms with van der Waals surface area (Å²) < 4.78 is 5.22. The molecule has 0 radical (unpaired) electrons. The predicted molar refractivity (Wildman–Crippen MR) is 120 cm³/mol. The summed E-state index contributed by atoms with van der Waals surface area (Å²) in [7, 11) is 0. The number of carbonyl (C=O) groups is 2. The van der Waals surface area contributed by atoms with Crippen LogP contribution >= 0.6 is 0 Å². The zero-order valence-corrected chi connectivity index (χ0v) is 18.9. The van der Waals surface area contributed by atoms with Crippen molar-refractivity contribution in [3.05, 3.63) is 35.9 Å². The molecule has 30 heavy (non-hydrogen) atoms. The van der Waals surface area contributed by atoms with Crippen LogP contribution in [0.15, 0.2) is 30.3 Å². The molecule has 2 rings (SSSR count). The van der Waals surface area contributed by atoms with Crippen LogP contribution in [0.5, 0.6) is 0 Å². The van der Waals surface area contributed by atoms with Gasteiger partial charge in [0.05, 0.1) is 6.04 Å². The molecule has 0 heterocycles. The van der Waals surface area contributed by atoms with Crippen molar-refractivity contribution in [1.82, 2.24) is 10.2 Å². The number of nitrogens with zero attached hydrogens (tertiary/aromatic N) is 1. The number of unbranched alkanes of at least 4 members (excludes halogenated alkanes) is 1. The highest BCUT2D eigenvalue weighted by molar-refractivity contribution is 5.82. The standard InChI is InChI=1S/C24H39N3O3/c1-24(2,3)30-23(29)26-17-11-10-16-21(25)22(28)27(20-14-8-5-9-15-20)18-19-12-6-4-7-13-19/h4,6-7,12-13,20-21H,5,8-11,14-18,25H2,1-3H3,(H,26,29). The second-order valence-corrected chi connectivity index (χ2v) is 9.27. The highest BCUT2D eigenvalue weighted by atomic mass is 16.6. The molecule has 0 aliphatic heterocycles. The number of carbonyl (C=O) groups excluding carboxylic acids is 2. The van der Waals surface area contributed by atoms with Crippen LogP contribution in [0.3, 0.4) is 0 Å².